The minimum absolute atomic E-state index is 0.0583. The van der Waals surface area contributed by atoms with E-state index < -0.39 is 17.7 Å². The largest absolute Gasteiger partial charge is 0.419 e. The van der Waals surface area contributed by atoms with Crippen LogP contribution in [0.1, 0.15) is 38.2 Å². The fourth-order valence-electron chi connectivity index (χ4n) is 2.96. The van der Waals surface area contributed by atoms with Crippen molar-refractivity contribution < 1.29 is 23.9 Å². The second-order valence-corrected chi connectivity index (χ2v) is 7.05. The summed E-state index contributed by atoms with van der Waals surface area (Å²) in [4.78, 5) is 36.0. The first kappa shape index (κ1) is 18.2. The lowest BCUT2D eigenvalue weighted by molar-refractivity contribution is -0.222. The molecule has 1 aliphatic carbocycles. The Labute approximate surface area is 155 Å². The molecule has 0 spiro atoms. The van der Waals surface area contributed by atoms with Gasteiger partial charge in [-0.25, -0.2) is 9.59 Å². The standard InChI is InChI=1S/C19H18ClNO5/c1-19(2)25-17(23)15(18(24)26-19)10-21-12-7-11(8-13(22)9-12)14-5-3-4-6-16(14)20/h3-6,9-11,21H,7-8H2,1-2H3. The summed E-state index contributed by atoms with van der Waals surface area (Å²) >= 11 is 6.23. The molecule has 6 nitrogen and oxygen atoms in total. The smallest absolute Gasteiger partial charge is 0.350 e. The van der Waals surface area contributed by atoms with E-state index in [9.17, 15) is 14.4 Å². The summed E-state index contributed by atoms with van der Waals surface area (Å²) in [7, 11) is 0. The number of esters is 2. The van der Waals surface area contributed by atoms with E-state index in [1.54, 1.807) is 6.07 Å². The number of halogens is 1. The van der Waals surface area contributed by atoms with E-state index in [4.69, 9.17) is 21.1 Å². The first-order valence-corrected chi connectivity index (χ1v) is 8.54. The minimum Gasteiger partial charge on any atom is -0.419 e. The Kier molecular flexibility index (Phi) is 4.87. The fourth-order valence-corrected chi connectivity index (χ4v) is 3.25. The Morgan fingerprint density at radius 3 is 2.42 bits per heavy atom. The maximum absolute atomic E-state index is 12.1. The molecule has 1 aliphatic heterocycles. The third-order valence-corrected chi connectivity index (χ3v) is 4.46. The predicted molar refractivity (Wildman–Crippen MR) is 94.0 cm³/mol. The number of ketones is 1. The lowest BCUT2D eigenvalue weighted by atomic mass is 9.85. The quantitative estimate of drug-likeness (QED) is 0.497. The third-order valence-electron chi connectivity index (χ3n) is 4.11. The molecular weight excluding hydrogens is 358 g/mol. The van der Waals surface area contributed by atoms with Gasteiger partial charge >= 0.3 is 11.9 Å². The van der Waals surface area contributed by atoms with Crippen molar-refractivity contribution in [2.24, 2.45) is 0 Å². The van der Waals surface area contributed by atoms with Crippen LogP contribution in [0.2, 0.25) is 5.02 Å². The number of carbonyl (C=O) groups is 3. The molecule has 26 heavy (non-hydrogen) atoms. The maximum Gasteiger partial charge on any atom is 0.350 e. The highest BCUT2D eigenvalue weighted by Gasteiger charge is 2.39. The second kappa shape index (κ2) is 6.96. The summed E-state index contributed by atoms with van der Waals surface area (Å²) in [6, 6.07) is 7.37. The Balaban J connectivity index is 1.76. The molecule has 0 radical (unpaired) electrons. The third kappa shape index (κ3) is 3.96. The number of benzene rings is 1. The summed E-state index contributed by atoms with van der Waals surface area (Å²) in [5.41, 5.74) is 1.22. The Bertz CT molecular complexity index is 818. The molecule has 1 saturated heterocycles. The van der Waals surface area contributed by atoms with Crippen LogP contribution in [0.5, 0.6) is 0 Å². The van der Waals surface area contributed by atoms with Crippen molar-refractivity contribution in [2.75, 3.05) is 0 Å². The van der Waals surface area contributed by atoms with E-state index in [1.807, 2.05) is 18.2 Å². The molecule has 1 N–H and O–H groups in total. The van der Waals surface area contributed by atoms with Crippen LogP contribution in [0.25, 0.3) is 0 Å². The average Bonchev–Trinajstić information content (AvgIpc) is 2.53. The molecule has 1 aromatic rings. The Hall–Kier alpha value is -2.60. The van der Waals surface area contributed by atoms with E-state index in [0.717, 1.165) is 5.56 Å². The highest BCUT2D eigenvalue weighted by atomic mass is 35.5. The normalized spacial score (nSPS) is 22.3. The predicted octanol–water partition coefficient (Wildman–Crippen LogP) is 2.98. The SMILES string of the molecule is CC1(C)OC(=O)C(=CNC2=CC(=O)CC(c3ccccc3Cl)C2)C(=O)O1. The van der Waals surface area contributed by atoms with Gasteiger partial charge < -0.3 is 14.8 Å². The highest BCUT2D eigenvalue weighted by Crippen LogP contribution is 2.34. The maximum atomic E-state index is 12.1. The molecule has 136 valence electrons. The molecule has 0 aromatic heterocycles. The van der Waals surface area contributed by atoms with Gasteiger partial charge in [0.15, 0.2) is 11.4 Å². The molecule has 0 amide bonds. The van der Waals surface area contributed by atoms with Crippen LogP contribution in [0.4, 0.5) is 0 Å². The molecule has 1 heterocycles. The molecule has 2 aliphatic rings. The summed E-state index contributed by atoms with van der Waals surface area (Å²) in [6.45, 7) is 2.95. The van der Waals surface area contributed by atoms with Crippen molar-refractivity contribution in [1.82, 2.24) is 5.32 Å². The van der Waals surface area contributed by atoms with Crippen LogP contribution >= 0.6 is 11.6 Å². The van der Waals surface area contributed by atoms with Crippen molar-refractivity contribution in [3.63, 3.8) is 0 Å². The van der Waals surface area contributed by atoms with E-state index in [1.165, 1.54) is 26.1 Å². The van der Waals surface area contributed by atoms with Crippen LogP contribution < -0.4 is 5.32 Å². The van der Waals surface area contributed by atoms with Gasteiger partial charge in [-0.2, -0.15) is 0 Å². The van der Waals surface area contributed by atoms with Crippen LogP contribution in [0.3, 0.4) is 0 Å². The first-order valence-electron chi connectivity index (χ1n) is 8.16. The lowest BCUT2D eigenvalue weighted by Crippen LogP contribution is -2.42. The number of carbonyl (C=O) groups excluding carboxylic acids is 3. The summed E-state index contributed by atoms with van der Waals surface area (Å²) in [5, 5.41) is 3.47. The molecule has 7 heteroatoms. The molecule has 0 saturated carbocycles. The number of allylic oxidation sites excluding steroid dienone is 2. The van der Waals surface area contributed by atoms with Crippen molar-refractivity contribution in [3.8, 4) is 0 Å². The molecule has 1 atom stereocenters. The van der Waals surface area contributed by atoms with Gasteiger partial charge in [0.1, 0.15) is 0 Å². The van der Waals surface area contributed by atoms with Gasteiger partial charge in [0, 0.05) is 43.3 Å². The van der Waals surface area contributed by atoms with Gasteiger partial charge in [0.25, 0.3) is 5.79 Å². The summed E-state index contributed by atoms with van der Waals surface area (Å²) in [6.07, 6.45) is 3.56. The number of hydrogen-bond acceptors (Lipinski definition) is 6. The molecule has 0 bridgehead atoms. The first-order chi connectivity index (χ1) is 12.2. The molecular formula is C19H18ClNO5. The highest BCUT2D eigenvalue weighted by molar-refractivity contribution is 6.31. The molecule has 3 rings (SSSR count). The van der Waals surface area contributed by atoms with Crippen molar-refractivity contribution in [2.45, 2.75) is 38.4 Å². The number of nitrogens with one attached hydrogen (secondary N) is 1. The number of hydrogen-bond donors (Lipinski definition) is 1. The average molecular weight is 376 g/mol. The van der Waals surface area contributed by atoms with Crippen molar-refractivity contribution in [1.29, 1.82) is 0 Å². The van der Waals surface area contributed by atoms with Crippen LogP contribution in [0.15, 0.2) is 47.8 Å². The van der Waals surface area contributed by atoms with E-state index in [2.05, 4.69) is 5.32 Å². The van der Waals surface area contributed by atoms with E-state index >= 15 is 0 Å². The number of cyclic esters (lactones) is 2. The molecule has 1 fully saturated rings. The topological polar surface area (TPSA) is 81.7 Å². The van der Waals surface area contributed by atoms with Crippen LogP contribution in [0, 0.1) is 0 Å². The summed E-state index contributed by atoms with van der Waals surface area (Å²) < 4.78 is 10.1. The van der Waals surface area contributed by atoms with Crippen molar-refractivity contribution >= 4 is 29.3 Å². The molecule has 1 unspecified atom stereocenters. The zero-order valence-electron chi connectivity index (χ0n) is 14.4. The van der Waals surface area contributed by atoms with Gasteiger partial charge in [-0.05, 0) is 24.0 Å². The van der Waals surface area contributed by atoms with Gasteiger partial charge in [-0.15, -0.1) is 0 Å². The zero-order chi connectivity index (χ0) is 18.9. The van der Waals surface area contributed by atoms with Crippen molar-refractivity contribution in [3.05, 3.63) is 58.4 Å². The Morgan fingerprint density at radius 1 is 1.12 bits per heavy atom. The second-order valence-electron chi connectivity index (χ2n) is 6.64. The van der Waals surface area contributed by atoms with E-state index in [-0.39, 0.29) is 17.3 Å². The fraction of sp³-hybridized carbons (Fsp3) is 0.316. The summed E-state index contributed by atoms with van der Waals surface area (Å²) in [5.74, 6) is -2.97. The zero-order valence-corrected chi connectivity index (χ0v) is 15.1. The van der Waals surface area contributed by atoms with Gasteiger partial charge in [0.05, 0.1) is 0 Å². The number of ether oxygens (including phenoxy) is 2. The van der Waals surface area contributed by atoms with Crippen LogP contribution in [-0.4, -0.2) is 23.5 Å². The number of rotatable bonds is 3. The van der Waals surface area contributed by atoms with Gasteiger partial charge in [-0.3, -0.25) is 4.79 Å². The van der Waals surface area contributed by atoms with Crippen LogP contribution in [-0.2, 0) is 23.9 Å². The minimum atomic E-state index is -1.29. The Morgan fingerprint density at radius 2 is 1.77 bits per heavy atom. The molecule has 1 aromatic carbocycles. The van der Waals surface area contributed by atoms with Gasteiger partial charge in [0.2, 0.25) is 0 Å². The monoisotopic (exact) mass is 375 g/mol. The van der Waals surface area contributed by atoms with Gasteiger partial charge in [-0.1, -0.05) is 29.8 Å². The lowest BCUT2D eigenvalue weighted by Gasteiger charge is -2.30. The van der Waals surface area contributed by atoms with E-state index in [0.29, 0.717) is 23.6 Å².